The van der Waals surface area contributed by atoms with Crippen LogP contribution in [0.25, 0.3) is 0 Å². The summed E-state index contributed by atoms with van der Waals surface area (Å²) in [4.78, 5) is 0. The van der Waals surface area contributed by atoms with Crippen molar-refractivity contribution in [3.8, 4) is 0 Å². The van der Waals surface area contributed by atoms with Gasteiger partial charge in [0.2, 0.25) is 0 Å². The van der Waals surface area contributed by atoms with Crippen molar-refractivity contribution in [2.24, 2.45) is 0 Å². The molecule has 1 saturated carbocycles. The molecule has 1 aromatic rings. The highest BCUT2D eigenvalue weighted by Crippen LogP contribution is 2.21. The first kappa shape index (κ1) is 9.78. The molecular weight excluding hydrogens is 174 g/mol. The van der Waals surface area contributed by atoms with Crippen molar-refractivity contribution in [2.45, 2.75) is 51.1 Å². The van der Waals surface area contributed by atoms with Gasteiger partial charge < -0.3 is 9.73 Å². The van der Waals surface area contributed by atoms with Crippen LogP contribution in [0.4, 0.5) is 0 Å². The highest BCUT2D eigenvalue weighted by Gasteiger charge is 2.17. The van der Waals surface area contributed by atoms with Crippen molar-refractivity contribution in [1.29, 1.82) is 0 Å². The normalized spacial score (nSPS) is 20.9. The van der Waals surface area contributed by atoms with Gasteiger partial charge in [-0.2, -0.15) is 0 Å². The Bertz CT molecular complexity index is 249. The number of rotatable bonds is 3. The summed E-state index contributed by atoms with van der Waals surface area (Å²) in [5.74, 6) is 1.05. The molecule has 0 radical (unpaired) electrons. The van der Waals surface area contributed by atoms with Gasteiger partial charge in [-0.25, -0.2) is 0 Å². The molecule has 2 nitrogen and oxygen atoms in total. The van der Waals surface area contributed by atoms with Crippen molar-refractivity contribution in [2.75, 3.05) is 0 Å². The lowest BCUT2D eigenvalue weighted by Gasteiger charge is -2.25. The van der Waals surface area contributed by atoms with E-state index in [1.807, 2.05) is 12.1 Å². The number of furan rings is 1. The molecule has 0 bridgehead atoms. The molecule has 0 spiro atoms. The largest absolute Gasteiger partial charge is 0.468 e. The predicted molar refractivity (Wildman–Crippen MR) is 57.1 cm³/mol. The first-order valence-electron chi connectivity index (χ1n) is 5.66. The van der Waals surface area contributed by atoms with Crippen LogP contribution in [0.5, 0.6) is 0 Å². The van der Waals surface area contributed by atoms with Crippen LogP contribution in [0.3, 0.4) is 0 Å². The van der Waals surface area contributed by atoms with Gasteiger partial charge >= 0.3 is 0 Å². The average molecular weight is 193 g/mol. The third kappa shape index (κ3) is 2.38. The highest BCUT2D eigenvalue weighted by atomic mass is 16.3. The minimum Gasteiger partial charge on any atom is -0.468 e. The average Bonchev–Trinajstić information content (AvgIpc) is 2.72. The summed E-state index contributed by atoms with van der Waals surface area (Å²) in [6.07, 6.45) is 8.56. The number of nitrogens with one attached hydrogen (secondary N) is 1. The summed E-state index contributed by atoms with van der Waals surface area (Å²) in [6, 6.07) is 5.05. The van der Waals surface area contributed by atoms with Gasteiger partial charge in [0.05, 0.1) is 12.3 Å². The minimum absolute atomic E-state index is 0.355. The molecule has 1 aliphatic rings. The third-order valence-electron chi connectivity index (χ3n) is 3.06. The molecule has 0 amide bonds. The van der Waals surface area contributed by atoms with Crippen molar-refractivity contribution >= 4 is 0 Å². The summed E-state index contributed by atoms with van der Waals surface area (Å²) < 4.78 is 5.37. The summed E-state index contributed by atoms with van der Waals surface area (Å²) >= 11 is 0. The van der Waals surface area contributed by atoms with Gasteiger partial charge in [-0.3, -0.25) is 0 Å². The maximum absolute atomic E-state index is 5.37. The Morgan fingerprint density at radius 2 is 2.14 bits per heavy atom. The minimum atomic E-state index is 0.355. The van der Waals surface area contributed by atoms with Gasteiger partial charge in [0.1, 0.15) is 5.76 Å². The van der Waals surface area contributed by atoms with E-state index in [0.29, 0.717) is 12.1 Å². The van der Waals surface area contributed by atoms with Crippen LogP contribution in [-0.4, -0.2) is 6.04 Å². The van der Waals surface area contributed by atoms with Gasteiger partial charge in [0.15, 0.2) is 0 Å². The molecule has 1 heterocycles. The molecule has 1 aliphatic carbocycles. The molecule has 2 heteroatoms. The SMILES string of the molecule is CC(NC1CCCCC1)c1ccco1. The predicted octanol–water partition coefficient (Wildman–Crippen LogP) is 3.26. The molecule has 2 rings (SSSR count). The lowest BCUT2D eigenvalue weighted by atomic mass is 9.95. The summed E-state index contributed by atoms with van der Waals surface area (Å²) in [7, 11) is 0. The second-order valence-electron chi connectivity index (χ2n) is 4.24. The molecule has 0 aromatic carbocycles. The monoisotopic (exact) mass is 193 g/mol. The van der Waals surface area contributed by atoms with E-state index in [1.165, 1.54) is 32.1 Å². The van der Waals surface area contributed by atoms with Crippen molar-refractivity contribution in [3.05, 3.63) is 24.2 Å². The van der Waals surface area contributed by atoms with Gasteiger partial charge in [0, 0.05) is 6.04 Å². The second kappa shape index (κ2) is 4.65. The van der Waals surface area contributed by atoms with Crippen molar-refractivity contribution in [3.63, 3.8) is 0 Å². The fourth-order valence-corrected chi connectivity index (χ4v) is 2.24. The Morgan fingerprint density at radius 1 is 1.36 bits per heavy atom. The van der Waals surface area contributed by atoms with Crippen LogP contribution >= 0.6 is 0 Å². The quantitative estimate of drug-likeness (QED) is 0.797. The molecule has 1 N–H and O–H groups in total. The van der Waals surface area contributed by atoms with Gasteiger partial charge in [-0.1, -0.05) is 19.3 Å². The van der Waals surface area contributed by atoms with Crippen molar-refractivity contribution in [1.82, 2.24) is 5.32 Å². The summed E-state index contributed by atoms with van der Waals surface area (Å²) in [5, 5.41) is 3.63. The zero-order chi connectivity index (χ0) is 9.80. The molecule has 1 atom stereocenters. The zero-order valence-electron chi connectivity index (χ0n) is 8.83. The first-order chi connectivity index (χ1) is 6.86. The van der Waals surface area contributed by atoms with E-state index in [1.54, 1.807) is 6.26 Å². The standard InChI is InChI=1S/C12H19NO/c1-10(12-8-5-9-14-12)13-11-6-3-2-4-7-11/h5,8-11,13H,2-4,6-7H2,1H3. The molecule has 1 fully saturated rings. The van der Waals surface area contributed by atoms with E-state index in [0.717, 1.165) is 5.76 Å². The van der Waals surface area contributed by atoms with E-state index in [-0.39, 0.29) is 0 Å². The zero-order valence-corrected chi connectivity index (χ0v) is 8.83. The van der Waals surface area contributed by atoms with E-state index >= 15 is 0 Å². The fraction of sp³-hybridized carbons (Fsp3) is 0.667. The van der Waals surface area contributed by atoms with E-state index in [9.17, 15) is 0 Å². The lowest BCUT2D eigenvalue weighted by Crippen LogP contribution is -2.32. The Balaban J connectivity index is 1.84. The topological polar surface area (TPSA) is 25.2 Å². The second-order valence-corrected chi connectivity index (χ2v) is 4.24. The molecule has 0 aliphatic heterocycles. The van der Waals surface area contributed by atoms with Crippen LogP contribution in [0.2, 0.25) is 0 Å². The smallest absolute Gasteiger partial charge is 0.120 e. The highest BCUT2D eigenvalue weighted by molar-refractivity contribution is 5.03. The van der Waals surface area contributed by atoms with Gasteiger partial charge in [-0.05, 0) is 31.9 Å². The van der Waals surface area contributed by atoms with E-state index < -0.39 is 0 Å². The van der Waals surface area contributed by atoms with E-state index in [2.05, 4.69) is 12.2 Å². The molecule has 78 valence electrons. The Labute approximate surface area is 85.7 Å². The first-order valence-corrected chi connectivity index (χ1v) is 5.66. The summed E-state index contributed by atoms with van der Waals surface area (Å²) in [5.41, 5.74) is 0. The van der Waals surface area contributed by atoms with Crippen LogP contribution in [-0.2, 0) is 0 Å². The molecule has 0 saturated heterocycles. The van der Waals surface area contributed by atoms with E-state index in [4.69, 9.17) is 4.42 Å². The number of hydrogen-bond acceptors (Lipinski definition) is 2. The van der Waals surface area contributed by atoms with Crippen LogP contribution in [0.1, 0.15) is 50.8 Å². The van der Waals surface area contributed by atoms with Crippen LogP contribution in [0, 0.1) is 0 Å². The van der Waals surface area contributed by atoms with Crippen molar-refractivity contribution < 1.29 is 4.42 Å². The molecule has 1 unspecified atom stereocenters. The Kier molecular flexibility index (Phi) is 3.25. The van der Waals surface area contributed by atoms with Gasteiger partial charge in [-0.15, -0.1) is 0 Å². The number of hydrogen-bond donors (Lipinski definition) is 1. The molecule has 1 aromatic heterocycles. The van der Waals surface area contributed by atoms with Crippen LogP contribution in [0.15, 0.2) is 22.8 Å². The maximum Gasteiger partial charge on any atom is 0.120 e. The molecular formula is C12H19NO. The fourth-order valence-electron chi connectivity index (χ4n) is 2.24. The Morgan fingerprint density at radius 3 is 2.79 bits per heavy atom. The lowest BCUT2D eigenvalue weighted by molar-refractivity contribution is 0.323. The van der Waals surface area contributed by atoms with Crippen LogP contribution < -0.4 is 5.32 Å². The third-order valence-corrected chi connectivity index (χ3v) is 3.06. The maximum atomic E-state index is 5.37. The Hall–Kier alpha value is -0.760. The molecule has 14 heavy (non-hydrogen) atoms. The van der Waals surface area contributed by atoms with Gasteiger partial charge in [0.25, 0.3) is 0 Å². The summed E-state index contributed by atoms with van der Waals surface area (Å²) in [6.45, 7) is 2.17.